The molecule has 6 nitrogen and oxygen atoms in total. The largest absolute Gasteiger partial charge is 0.474 e. The van der Waals surface area contributed by atoms with Crippen LogP contribution < -0.4 is 15.4 Å². The topological polar surface area (TPSA) is 67.8 Å². The zero-order valence-electron chi connectivity index (χ0n) is 14.9. The summed E-state index contributed by atoms with van der Waals surface area (Å²) in [7, 11) is 1.77. The molecule has 1 aromatic rings. The van der Waals surface area contributed by atoms with Gasteiger partial charge in [-0.1, -0.05) is 6.07 Å². The number of ether oxygens (including phenoxy) is 2. The number of rotatable bonds is 9. The van der Waals surface area contributed by atoms with Crippen molar-refractivity contribution in [2.45, 2.75) is 51.7 Å². The zero-order valence-corrected chi connectivity index (χ0v) is 14.9. The standard InChI is InChI=1S/C18H30N4O2/c1-3-23-12-6-11-20-18(19-2)22-14-15-9-10-17(21-13-15)24-16-7-4-5-8-16/h9-10,13,16H,3-8,11-12,14H2,1-2H3,(H2,19,20,22). The molecule has 0 amide bonds. The van der Waals surface area contributed by atoms with Crippen molar-refractivity contribution in [2.24, 2.45) is 4.99 Å². The van der Waals surface area contributed by atoms with Crippen molar-refractivity contribution in [2.75, 3.05) is 26.8 Å². The lowest BCUT2D eigenvalue weighted by Gasteiger charge is -2.13. The summed E-state index contributed by atoms with van der Waals surface area (Å²) in [4.78, 5) is 8.62. The van der Waals surface area contributed by atoms with Gasteiger partial charge >= 0.3 is 0 Å². The van der Waals surface area contributed by atoms with Gasteiger partial charge in [0.05, 0.1) is 0 Å². The summed E-state index contributed by atoms with van der Waals surface area (Å²) in [5, 5.41) is 6.56. The molecule has 6 heteroatoms. The monoisotopic (exact) mass is 334 g/mol. The molecule has 134 valence electrons. The summed E-state index contributed by atoms with van der Waals surface area (Å²) in [6.07, 6.45) is 8.00. The average Bonchev–Trinajstić information content (AvgIpc) is 3.12. The van der Waals surface area contributed by atoms with Crippen LogP contribution in [0.1, 0.15) is 44.6 Å². The highest BCUT2D eigenvalue weighted by Gasteiger charge is 2.16. The molecule has 0 unspecified atom stereocenters. The Morgan fingerprint density at radius 1 is 1.29 bits per heavy atom. The van der Waals surface area contributed by atoms with E-state index in [2.05, 4.69) is 20.6 Å². The fourth-order valence-electron chi connectivity index (χ4n) is 2.69. The first kappa shape index (κ1) is 18.5. The van der Waals surface area contributed by atoms with Gasteiger partial charge in [-0.2, -0.15) is 0 Å². The number of aliphatic imine (C=N–C) groups is 1. The highest BCUT2D eigenvalue weighted by atomic mass is 16.5. The van der Waals surface area contributed by atoms with E-state index in [1.54, 1.807) is 7.05 Å². The molecule has 0 aromatic carbocycles. The van der Waals surface area contributed by atoms with Gasteiger partial charge in [0.15, 0.2) is 5.96 Å². The lowest BCUT2D eigenvalue weighted by molar-refractivity contribution is 0.145. The lowest BCUT2D eigenvalue weighted by atomic mass is 10.3. The fraction of sp³-hybridized carbons (Fsp3) is 0.667. The molecule has 1 fully saturated rings. The second-order valence-corrected chi connectivity index (χ2v) is 5.93. The van der Waals surface area contributed by atoms with Gasteiger partial charge in [-0.3, -0.25) is 4.99 Å². The minimum absolute atomic E-state index is 0.348. The second kappa shape index (κ2) is 10.9. The highest BCUT2D eigenvalue weighted by molar-refractivity contribution is 5.79. The number of aromatic nitrogens is 1. The Bertz CT molecular complexity index is 484. The molecule has 2 rings (SSSR count). The molecule has 0 bridgehead atoms. The quantitative estimate of drug-likeness (QED) is 0.413. The van der Waals surface area contributed by atoms with Gasteiger partial charge in [-0.05, 0) is 44.6 Å². The predicted molar refractivity (Wildman–Crippen MR) is 96.4 cm³/mol. The smallest absolute Gasteiger partial charge is 0.213 e. The Morgan fingerprint density at radius 2 is 2.12 bits per heavy atom. The van der Waals surface area contributed by atoms with Gasteiger partial charge in [0, 0.05) is 45.6 Å². The lowest BCUT2D eigenvalue weighted by Crippen LogP contribution is -2.37. The SMILES string of the molecule is CCOCCCNC(=NC)NCc1ccc(OC2CCCC2)nc1. The van der Waals surface area contributed by atoms with Gasteiger partial charge in [-0.15, -0.1) is 0 Å². The third-order valence-corrected chi connectivity index (χ3v) is 4.03. The van der Waals surface area contributed by atoms with Crippen LogP contribution in [0.5, 0.6) is 5.88 Å². The van der Waals surface area contributed by atoms with E-state index in [9.17, 15) is 0 Å². The van der Waals surface area contributed by atoms with Crippen LogP contribution in [0, 0.1) is 0 Å². The maximum Gasteiger partial charge on any atom is 0.213 e. The van der Waals surface area contributed by atoms with Crippen molar-refractivity contribution >= 4 is 5.96 Å². The molecule has 0 spiro atoms. The number of hydrogen-bond acceptors (Lipinski definition) is 4. The molecule has 0 radical (unpaired) electrons. The molecule has 1 saturated carbocycles. The van der Waals surface area contributed by atoms with Crippen LogP contribution in [0.15, 0.2) is 23.3 Å². The molecule has 2 N–H and O–H groups in total. The third kappa shape index (κ3) is 6.74. The molecular weight excluding hydrogens is 304 g/mol. The van der Waals surface area contributed by atoms with Crippen LogP contribution in [0.25, 0.3) is 0 Å². The minimum Gasteiger partial charge on any atom is -0.474 e. The van der Waals surface area contributed by atoms with Crippen molar-refractivity contribution in [1.29, 1.82) is 0 Å². The van der Waals surface area contributed by atoms with E-state index in [0.29, 0.717) is 12.6 Å². The number of guanidine groups is 1. The van der Waals surface area contributed by atoms with Gasteiger partial charge in [-0.25, -0.2) is 4.98 Å². The molecule has 0 aliphatic heterocycles. The van der Waals surface area contributed by atoms with Crippen molar-refractivity contribution < 1.29 is 9.47 Å². The maximum atomic E-state index is 5.88. The van der Waals surface area contributed by atoms with Crippen LogP contribution >= 0.6 is 0 Å². The summed E-state index contributed by atoms with van der Waals surface area (Å²) in [5.74, 6) is 1.52. The molecule has 0 atom stereocenters. The third-order valence-electron chi connectivity index (χ3n) is 4.03. The molecule has 1 aliphatic carbocycles. The van der Waals surface area contributed by atoms with Gasteiger partial charge in [0.1, 0.15) is 6.10 Å². The summed E-state index contributed by atoms with van der Waals surface area (Å²) >= 11 is 0. The Labute approximate surface area is 145 Å². The summed E-state index contributed by atoms with van der Waals surface area (Å²) in [5.41, 5.74) is 1.10. The predicted octanol–water partition coefficient (Wildman–Crippen LogP) is 2.49. The maximum absolute atomic E-state index is 5.88. The van der Waals surface area contributed by atoms with Crippen molar-refractivity contribution in [3.63, 3.8) is 0 Å². The normalized spacial score (nSPS) is 15.5. The number of nitrogens with one attached hydrogen (secondary N) is 2. The Hall–Kier alpha value is -1.82. The van der Waals surface area contributed by atoms with Crippen LogP contribution in [0.2, 0.25) is 0 Å². The van der Waals surface area contributed by atoms with Gasteiger partial charge < -0.3 is 20.1 Å². The molecule has 24 heavy (non-hydrogen) atoms. The number of nitrogens with zero attached hydrogens (tertiary/aromatic N) is 2. The number of hydrogen-bond donors (Lipinski definition) is 2. The average molecular weight is 334 g/mol. The van der Waals surface area contributed by atoms with E-state index < -0.39 is 0 Å². The van der Waals surface area contributed by atoms with E-state index in [1.807, 2.05) is 25.3 Å². The Balaban J connectivity index is 1.68. The van der Waals surface area contributed by atoms with E-state index in [-0.39, 0.29) is 0 Å². The zero-order chi connectivity index (χ0) is 17.0. The van der Waals surface area contributed by atoms with Gasteiger partial charge in [0.2, 0.25) is 5.88 Å². The Kier molecular flexibility index (Phi) is 8.38. The summed E-state index contributed by atoms with van der Waals surface area (Å²) in [6.45, 7) is 5.06. The van der Waals surface area contributed by atoms with E-state index in [4.69, 9.17) is 9.47 Å². The van der Waals surface area contributed by atoms with E-state index in [0.717, 1.165) is 56.4 Å². The highest BCUT2D eigenvalue weighted by Crippen LogP contribution is 2.22. The van der Waals surface area contributed by atoms with Crippen LogP contribution in [-0.4, -0.2) is 43.9 Å². The molecule has 1 aromatic heterocycles. The van der Waals surface area contributed by atoms with Gasteiger partial charge in [0.25, 0.3) is 0 Å². The first-order chi connectivity index (χ1) is 11.8. The van der Waals surface area contributed by atoms with E-state index >= 15 is 0 Å². The first-order valence-corrected chi connectivity index (χ1v) is 8.95. The van der Waals surface area contributed by atoms with Crippen molar-refractivity contribution in [3.05, 3.63) is 23.9 Å². The Morgan fingerprint density at radius 3 is 2.79 bits per heavy atom. The van der Waals surface area contributed by atoms with Crippen LogP contribution in [0.3, 0.4) is 0 Å². The molecule has 1 heterocycles. The van der Waals surface area contributed by atoms with E-state index in [1.165, 1.54) is 12.8 Å². The van der Waals surface area contributed by atoms with Crippen molar-refractivity contribution in [3.8, 4) is 5.88 Å². The molecule has 0 saturated heterocycles. The second-order valence-electron chi connectivity index (χ2n) is 5.93. The van der Waals surface area contributed by atoms with Crippen LogP contribution in [-0.2, 0) is 11.3 Å². The summed E-state index contributed by atoms with van der Waals surface area (Å²) in [6, 6.07) is 4.00. The molecular formula is C18H30N4O2. The van der Waals surface area contributed by atoms with Crippen molar-refractivity contribution in [1.82, 2.24) is 15.6 Å². The number of pyridine rings is 1. The first-order valence-electron chi connectivity index (χ1n) is 8.95. The fourth-order valence-corrected chi connectivity index (χ4v) is 2.69. The van der Waals surface area contributed by atoms with Crippen LogP contribution in [0.4, 0.5) is 0 Å². The molecule has 1 aliphatic rings. The minimum atomic E-state index is 0.348. The summed E-state index contributed by atoms with van der Waals surface area (Å²) < 4.78 is 11.2.